The lowest BCUT2D eigenvalue weighted by atomic mass is 9.76. The predicted octanol–water partition coefficient (Wildman–Crippen LogP) is 2.32. The van der Waals surface area contributed by atoms with E-state index in [4.69, 9.17) is 0 Å². The van der Waals surface area contributed by atoms with Crippen molar-refractivity contribution in [1.82, 2.24) is 4.90 Å². The summed E-state index contributed by atoms with van der Waals surface area (Å²) < 4.78 is 0. The zero-order chi connectivity index (χ0) is 12.0. The van der Waals surface area contributed by atoms with Crippen LogP contribution in [0.3, 0.4) is 0 Å². The zero-order valence-corrected chi connectivity index (χ0v) is 11.2. The van der Waals surface area contributed by atoms with Gasteiger partial charge in [-0.05, 0) is 57.3 Å². The van der Waals surface area contributed by atoms with Gasteiger partial charge in [0.25, 0.3) is 0 Å². The number of nitrogens with zero attached hydrogens (tertiary/aromatic N) is 1. The molecule has 0 atom stereocenters. The lowest BCUT2D eigenvalue weighted by molar-refractivity contribution is -0.152. The van der Waals surface area contributed by atoms with E-state index in [2.05, 4.69) is 11.2 Å². The minimum Gasteiger partial charge on any atom is -0.481 e. The summed E-state index contributed by atoms with van der Waals surface area (Å²) in [6.07, 6.45) is 5.74. The molecule has 0 unspecified atom stereocenters. The van der Waals surface area contributed by atoms with Crippen molar-refractivity contribution < 1.29 is 9.90 Å². The summed E-state index contributed by atoms with van der Waals surface area (Å²) >= 11 is 1.88. The molecule has 4 heteroatoms. The van der Waals surface area contributed by atoms with Crippen molar-refractivity contribution in [2.45, 2.75) is 32.6 Å². The number of aliphatic carboxylic acids is 1. The number of hydrogen-bond acceptors (Lipinski definition) is 3. The summed E-state index contributed by atoms with van der Waals surface area (Å²) in [6, 6.07) is 0. The summed E-state index contributed by atoms with van der Waals surface area (Å²) in [5.41, 5.74) is -0.435. The minimum absolute atomic E-state index is 0.435. The number of carboxylic acids is 1. The number of rotatable bonds is 6. The Kier molecular flexibility index (Phi) is 5.62. The fraction of sp³-hybridized carbons (Fsp3) is 0.917. The van der Waals surface area contributed by atoms with E-state index in [0.717, 1.165) is 38.9 Å². The molecule has 1 saturated heterocycles. The molecule has 0 radical (unpaired) electrons. The van der Waals surface area contributed by atoms with Gasteiger partial charge in [0.05, 0.1) is 5.41 Å². The molecule has 1 N–H and O–H groups in total. The second-order valence-corrected chi connectivity index (χ2v) is 5.61. The maximum Gasteiger partial charge on any atom is 0.309 e. The Bertz CT molecular complexity index is 225. The van der Waals surface area contributed by atoms with Crippen LogP contribution in [-0.4, -0.2) is 47.6 Å². The molecule has 1 aliphatic rings. The third-order valence-electron chi connectivity index (χ3n) is 3.77. The highest BCUT2D eigenvalue weighted by Crippen LogP contribution is 2.35. The third-order valence-corrected chi connectivity index (χ3v) is 4.46. The predicted molar refractivity (Wildman–Crippen MR) is 69.0 cm³/mol. The maximum absolute atomic E-state index is 11.3. The van der Waals surface area contributed by atoms with E-state index in [1.54, 1.807) is 0 Å². The van der Waals surface area contributed by atoms with Crippen molar-refractivity contribution in [3.8, 4) is 0 Å². The molecule has 0 saturated carbocycles. The van der Waals surface area contributed by atoms with Gasteiger partial charge in [-0.1, -0.05) is 6.92 Å². The first-order valence-corrected chi connectivity index (χ1v) is 7.48. The Morgan fingerprint density at radius 3 is 2.50 bits per heavy atom. The van der Waals surface area contributed by atoms with E-state index in [1.165, 1.54) is 12.2 Å². The second-order valence-electron chi connectivity index (χ2n) is 4.63. The van der Waals surface area contributed by atoms with Gasteiger partial charge in [-0.3, -0.25) is 4.79 Å². The van der Waals surface area contributed by atoms with Crippen molar-refractivity contribution in [2.75, 3.05) is 31.6 Å². The molecule has 0 spiro atoms. The summed E-state index contributed by atoms with van der Waals surface area (Å²) in [5, 5.41) is 9.27. The largest absolute Gasteiger partial charge is 0.481 e. The Balaban J connectivity index is 2.35. The fourth-order valence-corrected chi connectivity index (χ4v) is 2.77. The number of likely N-dealkylation sites (tertiary alicyclic amines) is 1. The summed E-state index contributed by atoms with van der Waals surface area (Å²) in [5.74, 6) is 0.604. The average molecular weight is 245 g/mol. The molecule has 1 fully saturated rings. The lowest BCUT2D eigenvalue weighted by Crippen LogP contribution is -2.44. The fourth-order valence-electron chi connectivity index (χ4n) is 2.36. The molecule has 0 amide bonds. The summed E-state index contributed by atoms with van der Waals surface area (Å²) in [4.78, 5) is 13.7. The summed E-state index contributed by atoms with van der Waals surface area (Å²) in [7, 11) is 0. The quantitative estimate of drug-likeness (QED) is 0.729. The van der Waals surface area contributed by atoms with Gasteiger partial charge in [-0.15, -0.1) is 0 Å². The molecule has 94 valence electrons. The van der Waals surface area contributed by atoms with Crippen molar-refractivity contribution in [1.29, 1.82) is 0 Å². The number of thioether (sulfide) groups is 1. The molecule has 0 bridgehead atoms. The normalized spacial score (nSPS) is 20.9. The van der Waals surface area contributed by atoms with Crippen LogP contribution < -0.4 is 0 Å². The van der Waals surface area contributed by atoms with Crippen LogP contribution in [0.25, 0.3) is 0 Å². The molecule has 1 rings (SSSR count). The molecule has 0 aliphatic carbocycles. The van der Waals surface area contributed by atoms with Crippen LogP contribution in [0, 0.1) is 5.41 Å². The zero-order valence-electron chi connectivity index (χ0n) is 10.4. The number of carbonyl (C=O) groups is 1. The molecule has 16 heavy (non-hydrogen) atoms. The van der Waals surface area contributed by atoms with E-state index >= 15 is 0 Å². The minimum atomic E-state index is -0.598. The molecule has 0 aromatic carbocycles. The van der Waals surface area contributed by atoms with E-state index in [9.17, 15) is 9.90 Å². The standard InChI is InChI=1S/C12H23NO2S/c1-3-12(11(14)15)5-8-13(9-6-12)7-4-10-16-2/h3-10H2,1-2H3,(H,14,15). The average Bonchev–Trinajstić information content (AvgIpc) is 2.30. The van der Waals surface area contributed by atoms with Gasteiger partial charge in [-0.25, -0.2) is 0 Å². The monoisotopic (exact) mass is 245 g/mol. The molecule has 0 aromatic rings. The molecule has 0 aromatic heterocycles. The van der Waals surface area contributed by atoms with Crippen molar-refractivity contribution in [3.05, 3.63) is 0 Å². The van der Waals surface area contributed by atoms with Crippen LogP contribution in [0.4, 0.5) is 0 Å². The maximum atomic E-state index is 11.3. The van der Waals surface area contributed by atoms with E-state index in [-0.39, 0.29) is 0 Å². The van der Waals surface area contributed by atoms with Gasteiger partial charge in [-0.2, -0.15) is 11.8 Å². The first-order valence-electron chi connectivity index (χ1n) is 6.09. The topological polar surface area (TPSA) is 40.5 Å². The van der Waals surface area contributed by atoms with Crippen LogP contribution >= 0.6 is 11.8 Å². The Morgan fingerprint density at radius 1 is 1.44 bits per heavy atom. The van der Waals surface area contributed by atoms with Crippen LogP contribution in [0.2, 0.25) is 0 Å². The van der Waals surface area contributed by atoms with Crippen LogP contribution in [0.15, 0.2) is 0 Å². The third kappa shape index (κ3) is 3.39. The first-order chi connectivity index (χ1) is 7.64. The number of piperidine rings is 1. The van der Waals surface area contributed by atoms with Crippen LogP contribution in [0.1, 0.15) is 32.6 Å². The van der Waals surface area contributed by atoms with Crippen LogP contribution in [0.5, 0.6) is 0 Å². The van der Waals surface area contributed by atoms with Crippen LogP contribution in [-0.2, 0) is 4.79 Å². The highest BCUT2D eigenvalue weighted by molar-refractivity contribution is 7.98. The van der Waals surface area contributed by atoms with Gasteiger partial charge >= 0.3 is 5.97 Å². The Labute approximate surface area is 103 Å². The SMILES string of the molecule is CCC1(C(=O)O)CCN(CCCSC)CC1. The molecular weight excluding hydrogens is 222 g/mol. The number of hydrogen-bond donors (Lipinski definition) is 1. The molecule has 3 nitrogen and oxygen atoms in total. The first kappa shape index (κ1) is 13.8. The van der Waals surface area contributed by atoms with E-state index in [0.29, 0.717) is 0 Å². The lowest BCUT2D eigenvalue weighted by Gasteiger charge is -2.38. The van der Waals surface area contributed by atoms with Gasteiger partial charge < -0.3 is 10.0 Å². The highest BCUT2D eigenvalue weighted by atomic mass is 32.2. The van der Waals surface area contributed by atoms with E-state index in [1.807, 2.05) is 18.7 Å². The van der Waals surface area contributed by atoms with Crippen molar-refractivity contribution in [3.63, 3.8) is 0 Å². The van der Waals surface area contributed by atoms with Gasteiger partial charge in [0.15, 0.2) is 0 Å². The van der Waals surface area contributed by atoms with Crippen molar-refractivity contribution >= 4 is 17.7 Å². The van der Waals surface area contributed by atoms with Crippen molar-refractivity contribution in [2.24, 2.45) is 5.41 Å². The Hall–Kier alpha value is -0.220. The van der Waals surface area contributed by atoms with Gasteiger partial charge in [0.1, 0.15) is 0 Å². The van der Waals surface area contributed by atoms with E-state index < -0.39 is 11.4 Å². The molecule has 1 heterocycles. The molecular formula is C12H23NO2S. The van der Waals surface area contributed by atoms with Gasteiger partial charge in [0, 0.05) is 0 Å². The number of carboxylic acid groups (broad SMARTS) is 1. The summed E-state index contributed by atoms with van der Waals surface area (Å²) in [6.45, 7) is 5.03. The Morgan fingerprint density at radius 2 is 2.06 bits per heavy atom. The smallest absolute Gasteiger partial charge is 0.309 e. The van der Waals surface area contributed by atoms with Gasteiger partial charge in [0.2, 0.25) is 0 Å². The molecule has 1 aliphatic heterocycles. The highest BCUT2D eigenvalue weighted by Gasteiger charge is 2.39. The second kappa shape index (κ2) is 6.50.